The Morgan fingerprint density at radius 3 is 2.38 bits per heavy atom. The van der Waals surface area contributed by atoms with E-state index in [0.717, 1.165) is 11.8 Å². The molecule has 0 aromatic heterocycles. The number of halogens is 2. The van der Waals surface area contributed by atoms with Crippen molar-refractivity contribution in [2.24, 2.45) is 0 Å². The van der Waals surface area contributed by atoms with Crippen LogP contribution in [0.15, 0.2) is 22.7 Å². The summed E-state index contributed by atoms with van der Waals surface area (Å²) in [4.78, 5) is 2.33. The third kappa shape index (κ3) is 3.01. The Bertz CT molecular complexity index is 361. The molecule has 0 radical (unpaired) electrons. The molecule has 0 heterocycles. The minimum atomic E-state index is 0.190. The van der Waals surface area contributed by atoms with Crippen molar-refractivity contribution in [3.63, 3.8) is 0 Å². The van der Waals surface area contributed by atoms with Crippen molar-refractivity contribution in [3.8, 4) is 0 Å². The number of hydrogen-bond donors (Lipinski definition) is 0. The Morgan fingerprint density at radius 2 is 1.94 bits per heavy atom. The van der Waals surface area contributed by atoms with Gasteiger partial charge in [-0.1, -0.05) is 44.8 Å². The van der Waals surface area contributed by atoms with Crippen LogP contribution in [0.3, 0.4) is 0 Å². The molecule has 1 rings (SSSR count). The summed E-state index contributed by atoms with van der Waals surface area (Å²) in [6.07, 6.45) is 1.13. The van der Waals surface area contributed by atoms with Crippen LogP contribution in [0.1, 0.15) is 32.8 Å². The summed E-state index contributed by atoms with van der Waals surface area (Å²) >= 11 is 7.09. The van der Waals surface area contributed by atoms with Gasteiger partial charge in [0.05, 0.1) is 0 Å². The highest BCUT2D eigenvalue weighted by molar-refractivity contribution is 9.10. The summed E-state index contributed by atoms with van der Waals surface area (Å²) in [6.45, 7) is 6.75. The molecular formula is C13H19Br2N. The monoisotopic (exact) mass is 347 g/mol. The normalized spacial score (nSPS) is 11.6. The van der Waals surface area contributed by atoms with Crippen molar-refractivity contribution in [1.82, 2.24) is 0 Å². The fraction of sp³-hybridized carbons (Fsp3) is 0.538. The molecule has 0 fully saturated rings. The summed E-state index contributed by atoms with van der Waals surface area (Å²) in [5, 5.41) is 0.884. The Hall–Kier alpha value is -0.0200. The molecule has 0 aliphatic heterocycles. The number of nitrogens with zero attached hydrogens (tertiary/aromatic N) is 1. The first-order chi connectivity index (χ1) is 7.42. The van der Waals surface area contributed by atoms with Gasteiger partial charge in [-0.25, -0.2) is 0 Å². The SMILES string of the molecule is CCC(C)(C)N(C)c1ccc(CBr)c(Br)c1. The van der Waals surface area contributed by atoms with Crippen molar-refractivity contribution >= 4 is 37.5 Å². The van der Waals surface area contributed by atoms with E-state index in [1.807, 2.05) is 0 Å². The van der Waals surface area contributed by atoms with Crippen molar-refractivity contribution in [3.05, 3.63) is 28.2 Å². The van der Waals surface area contributed by atoms with Crippen LogP contribution < -0.4 is 4.90 Å². The summed E-state index contributed by atoms with van der Waals surface area (Å²) in [6, 6.07) is 6.53. The quantitative estimate of drug-likeness (QED) is 0.694. The third-order valence-electron chi connectivity index (χ3n) is 3.34. The average molecular weight is 349 g/mol. The molecule has 90 valence electrons. The Balaban J connectivity index is 3.02. The summed E-state index contributed by atoms with van der Waals surface area (Å²) in [5.41, 5.74) is 2.73. The highest BCUT2D eigenvalue weighted by atomic mass is 79.9. The van der Waals surface area contributed by atoms with E-state index >= 15 is 0 Å². The van der Waals surface area contributed by atoms with Crippen LogP contribution in [0.4, 0.5) is 5.69 Å². The fourth-order valence-electron chi connectivity index (χ4n) is 1.44. The van der Waals surface area contributed by atoms with Gasteiger partial charge in [-0.2, -0.15) is 0 Å². The molecule has 0 atom stereocenters. The van der Waals surface area contributed by atoms with Crippen LogP contribution in [-0.4, -0.2) is 12.6 Å². The number of hydrogen-bond acceptors (Lipinski definition) is 1. The van der Waals surface area contributed by atoms with Crippen molar-refractivity contribution in [1.29, 1.82) is 0 Å². The lowest BCUT2D eigenvalue weighted by atomic mass is 9.99. The smallest absolute Gasteiger partial charge is 0.0379 e. The largest absolute Gasteiger partial charge is 0.369 e. The van der Waals surface area contributed by atoms with Gasteiger partial charge in [0.25, 0.3) is 0 Å². The predicted molar refractivity (Wildman–Crippen MR) is 79.5 cm³/mol. The molecule has 0 unspecified atom stereocenters. The molecule has 0 saturated carbocycles. The topological polar surface area (TPSA) is 3.24 Å². The summed E-state index contributed by atoms with van der Waals surface area (Å²) < 4.78 is 1.17. The molecule has 3 heteroatoms. The zero-order valence-corrected chi connectivity index (χ0v) is 13.5. The van der Waals surface area contributed by atoms with E-state index in [0.29, 0.717) is 0 Å². The van der Waals surface area contributed by atoms with Crippen LogP contribution in [0.25, 0.3) is 0 Å². The van der Waals surface area contributed by atoms with Gasteiger partial charge >= 0.3 is 0 Å². The standard InChI is InChI=1S/C13H19Br2N/c1-5-13(2,3)16(4)11-7-6-10(9-14)12(15)8-11/h6-8H,5,9H2,1-4H3. The van der Waals surface area contributed by atoms with Gasteiger partial charge in [0.1, 0.15) is 0 Å². The summed E-state index contributed by atoms with van der Waals surface area (Å²) in [5.74, 6) is 0. The minimum absolute atomic E-state index is 0.190. The van der Waals surface area contributed by atoms with Gasteiger partial charge in [-0.15, -0.1) is 0 Å². The second kappa shape index (κ2) is 5.54. The third-order valence-corrected chi connectivity index (χ3v) is 4.68. The molecule has 1 aromatic carbocycles. The van der Waals surface area contributed by atoms with E-state index < -0.39 is 0 Å². The van der Waals surface area contributed by atoms with E-state index in [4.69, 9.17) is 0 Å². The number of anilines is 1. The fourth-order valence-corrected chi connectivity index (χ4v) is 2.81. The average Bonchev–Trinajstić information content (AvgIpc) is 2.27. The first-order valence-electron chi connectivity index (χ1n) is 5.50. The first kappa shape index (κ1) is 14.0. The van der Waals surface area contributed by atoms with Gasteiger partial charge in [-0.3, -0.25) is 0 Å². The first-order valence-corrected chi connectivity index (χ1v) is 7.42. The molecule has 1 nitrogen and oxygen atoms in total. The zero-order chi connectivity index (χ0) is 12.3. The lowest BCUT2D eigenvalue weighted by molar-refractivity contribution is 0.471. The lowest BCUT2D eigenvalue weighted by Gasteiger charge is -2.37. The van der Waals surface area contributed by atoms with Gasteiger partial charge in [0.2, 0.25) is 0 Å². The molecule has 0 spiro atoms. The van der Waals surface area contributed by atoms with E-state index in [2.05, 4.69) is 82.8 Å². The van der Waals surface area contributed by atoms with Crippen LogP contribution in [0.2, 0.25) is 0 Å². The van der Waals surface area contributed by atoms with Gasteiger partial charge < -0.3 is 4.90 Å². The Kier molecular flexibility index (Phi) is 4.87. The number of benzene rings is 1. The Labute approximate surface area is 115 Å². The van der Waals surface area contributed by atoms with Crippen LogP contribution in [0, 0.1) is 0 Å². The highest BCUT2D eigenvalue weighted by Gasteiger charge is 2.21. The van der Waals surface area contributed by atoms with E-state index in [9.17, 15) is 0 Å². The molecule has 0 amide bonds. The van der Waals surface area contributed by atoms with Gasteiger partial charge in [-0.05, 0) is 38.0 Å². The van der Waals surface area contributed by atoms with Crippen LogP contribution in [-0.2, 0) is 5.33 Å². The highest BCUT2D eigenvalue weighted by Crippen LogP contribution is 2.29. The van der Waals surface area contributed by atoms with Crippen molar-refractivity contribution in [2.75, 3.05) is 11.9 Å². The van der Waals surface area contributed by atoms with Crippen molar-refractivity contribution in [2.45, 2.75) is 38.1 Å². The maximum atomic E-state index is 3.61. The predicted octanol–water partition coefficient (Wildman–Crippen LogP) is 4.97. The minimum Gasteiger partial charge on any atom is -0.369 e. The zero-order valence-electron chi connectivity index (χ0n) is 10.3. The van der Waals surface area contributed by atoms with Crippen LogP contribution >= 0.6 is 31.9 Å². The molecule has 0 N–H and O–H groups in total. The van der Waals surface area contributed by atoms with Crippen molar-refractivity contribution < 1.29 is 0 Å². The molecular weight excluding hydrogens is 330 g/mol. The maximum Gasteiger partial charge on any atom is 0.0379 e. The molecule has 0 bridgehead atoms. The van der Waals surface area contributed by atoms with E-state index in [1.54, 1.807) is 0 Å². The Morgan fingerprint density at radius 1 is 1.31 bits per heavy atom. The van der Waals surface area contributed by atoms with Gasteiger partial charge in [0, 0.05) is 28.1 Å². The molecule has 1 aromatic rings. The second-order valence-corrected chi connectivity index (χ2v) is 6.05. The van der Waals surface area contributed by atoms with E-state index in [1.165, 1.54) is 15.7 Å². The van der Waals surface area contributed by atoms with Crippen LogP contribution in [0.5, 0.6) is 0 Å². The second-order valence-electron chi connectivity index (χ2n) is 4.63. The van der Waals surface area contributed by atoms with Gasteiger partial charge in [0.15, 0.2) is 0 Å². The molecule has 0 saturated heterocycles. The van der Waals surface area contributed by atoms with E-state index in [-0.39, 0.29) is 5.54 Å². The lowest BCUT2D eigenvalue weighted by Crippen LogP contribution is -2.40. The number of alkyl halides is 1. The number of rotatable bonds is 4. The summed E-state index contributed by atoms with van der Waals surface area (Å²) in [7, 11) is 2.15. The molecule has 16 heavy (non-hydrogen) atoms. The molecule has 0 aliphatic rings. The molecule has 0 aliphatic carbocycles. The maximum absolute atomic E-state index is 3.61.